The van der Waals surface area contributed by atoms with Crippen molar-refractivity contribution in [2.75, 3.05) is 25.0 Å². The standard InChI is InChI=1S/C18H24N2O3/c1-3-9-22-16-5-4-8-20(12-16)18(21)19-15-6-7-17-14(11-15)10-13(2)23-17/h6-7,10-11,16H,3-5,8-9,12H2,1-2H3,(H,19,21)/t16-/m1/s1. The van der Waals surface area contributed by atoms with Crippen LogP contribution in [0.4, 0.5) is 10.5 Å². The summed E-state index contributed by atoms with van der Waals surface area (Å²) in [5.41, 5.74) is 1.63. The second-order valence-corrected chi connectivity index (χ2v) is 6.12. The first-order valence-electron chi connectivity index (χ1n) is 8.33. The van der Waals surface area contributed by atoms with Crippen LogP contribution in [0.15, 0.2) is 28.7 Å². The number of hydrogen-bond acceptors (Lipinski definition) is 3. The van der Waals surface area contributed by atoms with E-state index < -0.39 is 0 Å². The lowest BCUT2D eigenvalue weighted by Crippen LogP contribution is -2.45. The first-order valence-corrected chi connectivity index (χ1v) is 8.33. The van der Waals surface area contributed by atoms with Crippen molar-refractivity contribution in [2.24, 2.45) is 0 Å². The number of carbonyl (C=O) groups excluding carboxylic acids is 1. The molecular formula is C18H24N2O3. The van der Waals surface area contributed by atoms with Gasteiger partial charge in [-0.15, -0.1) is 0 Å². The van der Waals surface area contributed by atoms with Crippen LogP contribution in [0, 0.1) is 6.92 Å². The Balaban J connectivity index is 1.62. The van der Waals surface area contributed by atoms with Crippen molar-refractivity contribution in [3.05, 3.63) is 30.0 Å². The third kappa shape index (κ3) is 3.85. The average molecular weight is 316 g/mol. The van der Waals surface area contributed by atoms with Gasteiger partial charge in [0.05, 0.1) is 6.10 Å². The molecular weight excluding hydrogens is 292 g/mol. The molecule has 3 rings (SSSR count). The molecule has 1 saturated heterocycles. The number of hydrogen-bond donors (Lipinski definition) is 1. The molecule has 0 saturated carbocycles. The Morgan fingerprint density at radius 3 is 3.13 bits per heavy atom. The molecule has 1 N–H and O–H groups in total. The zero-order chi connectivity index (χ0) is 16.2. The summed E-state index contributed by atoms with van der Waals surface area (Å²) in [5, 5.41) is 3.98. The number of likely N-dealkylation sites (tertiary alicyclic amines) is 1. The first-order chi connectivity index (χ1) is 11.2. The first kappa shape index (κ1) is 15.9. The zero-order valence-corrected chi connectivity index (χ0v) is 13.8. The van der Waals surface area contributed by atoms with Gasteiger partial charge in [-0.05, 0) is 50.5 Å². The summed E-state index contributed by atoms with van der Waals surface area (Å²) in [7, 11) is 0. The van der Waals surface area contributed by atoms with Gasteiger partial charge in [-0.2, -0.15) is 0 Å². The van der Waals surface area contributed by atoms with Gasteiger partial charge in [0.1, 0.15) is 11.3 Å². The summed E-state index contributed by atoms with van der Waals surface area (Å²) >= 11 is 0. The molecule has 1 aromatic carbocycles. The summed E-state index contributed by atoms with van der Waals surface area (Å²) in [4.78, 5) is 14.3. The quantitative estimate of drug-likeness (QED) is 0.921. The van der Waals surface area contributed by atoms with Crippen LogP contribution in [0.1, 0.15) is 31.9 Å². The van der Waals surface area contributed by atoms with E-state index in [1.165, 1.54) is 0 Å². The number of carbonyl (C=O) groups is 1. The maximum Gasteiger partial charge on any atom is 0.321 e. The van der Waals surface area contributed by atoms with Gasteiger partial charge in [0.2, 0.25) is 0 Å². The number of urea groups is 1. The van der Waals surface area contributed by atoms with Crippen LogP contribution in [-0.2, 0) is 4.74 Å². The van der Waals surface area contributed by atoms with Gasteiger partial charge in [0.15, 0.2) is 0 Å². The van der Waals surface area contributed by atoms with Crippen molar-refractivity contribution in [3.63, 3.8) is 0 Å². The molecule has 0 spiro atoms. The summed E-state index contributed by atoms with van der Waals surface area (Å²) in [5.74, 6) is 0.871. The number of nitrogens with one attached hydrogen (secondary N) is 1. The van der Waals surface area contributed by atoms with E-state index in [4.69, 9.17) is 9.15 Å². The van der Waals surface area contributed by atoms with E-state index in [1.54, 1.807) is 0 Å². The maximum absolute atomic E-state index is 12.5. The predicted octanol–water partition coefficient (Wildman–Crippen LogP) is 4.16. The molecule has 2 aromatic rings. The zero-order valence-electron chi connectivity index (χ0n) is 13.8. The molecule has 1 aromatic heterocycles. The molecule has 124 valence electrons. The number of fused-ring (bicyclic) bond motifs is 1. The molecule has 5 nitrogen and oxygen atoms in total. The number of amides is 2. The molecule has 2 heterocycles. The molecule has 2 amide bonds. The van der Waals surface area contributed by atoms with Crippen LogP contribution >= 0.6 is 0 Å². The van der Waals surface area contributed by atoms with E-state index in [-0.39, 0.29) is 12.1 Å². The second-order valence-electron chi connectivity index (χ2n) is 6.12. The highest BCUT2D eigenvalue weighted by atomic mass is 16.5. The average Bonchev–Trinajstić information content (AvgIpc) is 2.92. The van der Waals surface area contributed by atoms with E-state index in [1.807, 2.05) is 36.1 Å². The molecule has 0 aliphatic carbocycles. The molecule has 1 fully saturated rings. The fraction of sp³-hybridized carbons (Fsp3) is 0.500. The van der Waals surface area contributed by atoms with Crippen molar-refractivity contribution >= 4 is 22.7 Å². The number of aryl methyl sites for hydroxylation is 1. The van der Waals surface area contributed by atoms with E-state index in [9.17, 15) is 4.79 Å². The molecule has 1 aliphatic heterocycles. The van der Waals surface area contributed by atoms with Crippen molar-refractivity contribution in [1.29, 1.82) is 0 Å². The van der Waals surface area contributed by atoms with Crippen LogP contribution in [-0.4, -0.2) is 36.7 Å². The van der Waals surface area contributed by atoms with E-state index >= 15 is 0 Å². The fourth-order valence-corrected chi connectivity index (χ4v) is 3.00. The molecule has 23 heavy (non-hydrogen) atoms. The minimum atomic E-state index is -0.0608. The summed E-state index contributed by atoms with van der Waals surface area (Å²) in [6, 6.07) is 7.62. The summed E-state index contributed by atoms with van der Waals surface area (Å²) in [6.07, 6.45) is 3.19. The third-order valence-corrected chi connectivity index (χ3v) is 4.11. The predicted molar refractivity (Wildman–Crippen MR) is 90.8 cm³/mol. The number of nitrogens with zero attached hydrogens (tertiary/aromatic N) is 1. The number of furan rings is 1. The van der Waals surface area contributed by atoms with Crippen molar-refractivity contribution < 1.29 is 13.9 Å². The number of benzene rings is 1. The van der Waals surface area contributed by atoms with Gasteiger partial charge in [-0.1, -0.05) is 6.92 Å². The van der Waals surface area contributed by atoms with Gasteiger partial charge in [-0.25, -0.2) is 4.79 Å². The number of ether oxygens (including phenoxy) is 1. The van der Waals surface area contributed by atoms with Crippen molar-refractivity contribution in [1.82, 2.24) is 4.90 Å². The lowest BCUT2D eigenvalue weighted by atomic mass is 10.1. The Bertz CT molecular complexity index is 680. The monoisotopic (exact) mass is 316 g/mol. The largest absolute Gasteiger partial charge is 0.461 e. The SMILES string of the molecule is CCCO[C@@H]1CCCN(C(=O)Nc2ccc3oc(C)cc3c2)C1. The molecule has 1 aliphatic rings. The highest BCUT2D eigenvalue weighted by molar-refractivity contribution is 5.92. The molecule has 0 bridgehead atoms. The Kier molecular flexibility index (Phi) is 4.86. The highest BCUT2D eigenvalue weighted by Gasteiger charge is 2.24. The minimum Gasteiger partial charge on any atom is -0.461 e. The topological polar surface area (TPSA) is 54.7 Å². The Hall–Kier alpha value is -2.01. The van der Waals surface area contributed by atoms with Crippen LogP contribution < -0.4 is 5.32 Å². The molecule has 5 heteroatoms. The molecule has 0 radical (unpaired) electrons. The van der Waals surface area contributed by atoms with E-state index in [0.29, 0.717) is 6.54 Å². The van der Waals surface area contributed by atoms with Gasteiger partial charge in [0, 0.05) is 30.8 Å². The number of rotatable bonds is 4. The van der Waals surface area contributed by atoms with E-state index in [0.717, 1.165) is 54.8 Å². The van der Waals surface area contributed by atoms with E-state index in [2.05, 4.69) is 12.2 Å². The number of anilines is 1. The van der Waals surface area contributed by atoms with Crippen molar-refractivity contribution in [3.8, 4) is 0 Å². The van der Waals surface area contributed by atoms with Gasteiger partial charge >= 0.3 is 6.03 Å². The third-order valence-electron chi connectivity index (χ3n) is 4.11. The van der Waals surface area contributed by atoms with Crippen LogP contribution in [0.2, 0.25) is 0 Å². The van der Waals surface area contributed by atoms with Gasteiger partial charge < -0.3 is 19.4 Å². The maximum atomic E-state index is 12.5. The molecule has 0 unspecified atom stereocenters. The van der Waals surface area contributed by atoms with Crippen LogP contribution in [0.3, 0.4) is 0 Å². The van der Waals surface area contributed by atoms with Crippen LogP contribution in [0.25, 0.3) is 11.0 Å². The normalized spacial score (nSPS) is 18.3. The van der Waals surface area contributed by atoms with Gasteiger partial charge in [-0.3, -0.25) is 0 Å². The smallest absolute Gasteiger partial charge is 0.321 e. The Morgan fingerprint density at radius 1 is 1.43 bits per heavy atom. The van der Waals surface area contributed by atoms with Crippen molar-refractivity contribution in [2.45, 2.75) is 39.2 Å². The van der Waals surface area contributed by atoms with Gasteiger partial charge in [0.25, 0.3) is 0 Å². The highest BCUT2D eigenvalue weighted by Crippen LogP contribution is 2.23. The summed E-state index contributed by atoms with van der Waals surface area (Å²) < 4.78 is 11.3. The lowest BCUT2D eigenvalue weighted by Gasteiger charge is -2.32. The Morgan fingerprint density at radius 2 is 2.30 bits per heavy atom. The lowest BCUT2D eigenvalue weighted by molar-refractivity contribution is 0.0115. The minimum absolute atomic E-state index is 0.0608. The number of piperidine rings is 1. The summed E-state index contributed by atoms with van der Waals surface area (Å²) in [6.45, 7) is 6.23. The molecule has 1 atom stereocenters. The fourth-order valence-electron chi connectivity index (χ4n) is 3.00. The van der Waals surface area contributed by atoms with Crippen LogP contribution in [0.5, 0.6) is 0 Å². The Labute approximate surface area is 136 Å². The second kappa shape index (κ2) is 7.04.